The van der Waals surface area contributed by atoms with Crippen LogP contribution >= 0.6 is 0 Å². The number of hydrogen-bond acceptors (Lipinski definition) is 2. The minimum atomic E-state index is 0.226. The van der Waals surface area contributed by atoms with Gasteiger partial charge in [-0.2, -0.15) is 0 Å². The van der Waals surface area contributed by atoms with Gasteiger partial charge in [0.05, 0.1) is 0 Å². The minimum Gasteiger partial charge on any atom is -0.354 e. The molecular weight excluding hydrogens is 140 g/mol. The molecule has 0 spiro atoms. The first-order chi connectivity index (χ1) is 5.27. The quantitative estimate of drug-likeness (QED) is 0.531. The number of nitrogens with zero attached hydrogens (tertiary/aromatic N) is 1. The van der Waals surface area contributed by atoms with Crippen LogP contribution in [0.1, 0.15) is 19.3 Å². The Bertz CT molecular complexity index is 181. The van der Waals surface area contributed by atoms with Gasteiger partial charge in [-0.1, -0.05) is 0 Å². The average molecular weight is 154 g/mol. The van der Waals surface area contributed by atoms with Crippen molar-refractivity contribution < 1.29 is 4.79 Å². The lowest BCUT2D eigenvalue weighted by Gasteiger charge is -2.20. The monoisotopic (exact) mass is 154 g/mol. The topological polar surface area (TPSA) is 32.3 Å². The van der Waals surface area contributed by atoms with Crippen LogP contribution < -0.4 is 5.32 Å². The fourth-order valence-electron chi connectivity index (χ4n) is 2.10. The van der Waals surface area contributed by atoms with Crippen molar-refractivity contribution in [2.45, 2.75) is 31.3 Å². The summed E-state index contributed by atoms with van der Waals surface area (Å²) in [6.07, 6.45) is 3.16. The molecule has 3 heteroatoms. The first kappa shape index (κ1) is 7.10. The third-order valence-corrected chi connectivity index (χ3v) is 2.94. The summed E-state index contributed by atoms with van der Waals surface area (Å²) in [6.45, 7) is 0.853. The van der Waals surface area contributed by atoms with Gasteiger partial charge in [-0.25, -0.2) is 0 Å². The number of amides is 1. The molecule has 0 unspecified atom stereocenters. The molecule has 0 radical (unpaired) electrons. The second kappa shape index (κ2) is 2.48. The highest BCUT2D eigenvalue weighted by Crippen LogP contribution is 2.25. The molecule has 2 aliphatic rings. The standard InChI is InChI=1S/C8H14N2O/c1-10-6-2-3-7(10)5-9-8(11)4-6/h6-7H,2-5H2,1H3,(H,9,11)/t6-,7+/m0/s1. The number of fused-ring (bicyclic) bond motifs is 2. The van der Waals surface area contributed by atoms with Gasteiger partial charge in [0, 0.05) is 25.0 Å². The van der Waals surface area contributed by atoms with Crippen molar-refractivity contribution in [3.63, 3.8) is 0 Å². The van der Waals surface area contributed by atoms with Gasteiger partial charge in [-0.05, 0) is 19.9 Å². The number of carbonyl (C=O) groups is 1. The molecule has 2 heterocycles. The molecule has 2 saturated heterocycles. The van der Waals surface area contributed by atoms with E-state index >= 15 is 0 Å². The van der Waals surface area contributed by atoms with Crippen LogP contribution in [0, 0.1) is 0 Å². The molecule has 2 rings (SSSR count). The first-order valence-electron chi connectivity index (χ1n) is 4.26. The van der Waals surface area contributed by atoms with Crippen molar-refractivity contribution in [2.24, 2.45) is 0 Å². The Morgan fingerprint density at radius 1 is 1.45 bits per heavy atom. The summed E-state index contributed by atoms with van der Waals surface area (Å²) in [5.41, 5.74) is 0. The second-order valence-corrected chi connectivity index (χ2v) is 3.56. The predicted octanol–water partition coefficient (Wildman–Crippen LogP) is -0.0309. The molecule has 0 aliphatic carbocycles. The number of nitrogens with one attached hydrogen (secondary N) is 1. The average Bonchev–Trinajstić information content (AvgIpc) is 2.20. The number of likely N-dealkylation sites (N-methyl/N-ethyl adjacent to an activating group) is 1. The Labute approximate surface area is 66.8 Å². The summed E-state index contributed by atoms with van der Waals surface area (Å²) in [5, 5.41) is 2.93. The molecule has 1 N–H and O–H groups in total. The van der Waals surface area contributed by atoms with Crippen molar-refractivity contribution in [3.05, 3.63) is 0 Å². The molecule has 0 aromatic carbocycles. The molecule has 0 aromatic heterocycles. The van der Waals surface area contributed by atoms with Crippen molar-refractivity contribution in [2.75, 3.05) is 13.6 Å². The van der Waals surface area contributed by atoms with E-state index < -0.39 is 0 Å². The lowest BCUT2D eigenvalue weighted by atomic mass is 10.1. The van der Waals surface area contributed by atoms with Crippen LogP contribution in [0.2, 0.25) is 0 Å². The summed E-state index contributed by atoms with van der Waals surface area (Å²) >= 11 is 0. The molecule has 2 aliphatic heterocycles. The fraction of sp³-hybridized carbons (Fsp3) is 0.875. The number of rotatable bonds is 0. The summed E-state index contributed by atoms with van der Waals surface area (Å²) in [4.78, 5) is 13.4. The van der Waals surface area contributed by atoms with E-state index in [-0.39, 0.29) is 5.91 Å². The largest absolute Gasteiger partial charge is 0.354 e. The van der Waals surface area contributed by atoms with Gasteiger partial charge >= 0.3 is 0 Å². The van der Waals surface area contributed by atoms with E-state index in [1.807, 2.05) is 0 Å². The smallest absolute Gasteiger partial charge is 0.221 e. The molecule has 1 amide bonds. The van der Waals surface area contributed by atoms with E-state index in [9.17, 15) is 4.79 Å². The fourth-order valence-corrected chi connectivity index (χ4v) is 2.10. The van der Waals surface area contributed by atoms with Crippen molar-refractivity contribution in [3.8, 4) is 0 Å². The van der Waals surface area contributed by atoms with E-state index in [2.05, 4.69) is 17.3 Å². The van der Waals surface area contributed by atoms with Gasteiger partial charge in [0.1, 0.15) is 0 Å². The molecule has 0 aromatic rings. The Morgan fingerprint density at radius 2 is 2.18 bits per heavy atom. The highest BCUT2D eigenvalue weighted by molar-refractivity contribution is 5.77. The number of hydrogen-bond donors (Lipinski definition) is 1. The highest BCUT2D eigenvalue weighted by Gasteiger charge is 2.34. The third-order valence-electron chi connectivity index (χ3n) is 2.94. The zero-order valence-electron chi connectivity index (χ0n) is 6.84. The Balaban J connectivity index is 2.13. The highest BCUT2D eigenvalue weighted by atomic mass is 16.1. The molecule has 2 bridgehead atoms. The molecular formula is C8H14N2O. The van der Waals surface area contributed by atoms with Crippen LogP contribution in [0.3, 0.4) is 0 Å². The van der Waals surface area contributed by atoms with E-state index in [0.29, 0.717) is 18.5 Å². The lowest BCUT2D eigenvalue weighted by Crippen LogP contribution is -2.34. The lowest BCUT2D eigenvalue weighted by molar-refractivity contribution is -0.121. The van der Waals surface area contributed by atoms with Gasteiger partial charge in [0.25, 0.3) is 0 Å². The molecule has 2 atom stereocenters. The minimum absolute atomic E-state index is 0.226. The maximum absolute atomic E-state index is 11.1. The van der Waals surface area contributed by atoms with Crippen LogP contribution in [0.15, 0.2) is 0 Å². The van der Waals surface area contributed by atoms with Crippen molar-refractivity contribution in [1.29, 1.82) is 0 Å². The summed E-state index contributed by atoms with van der Waals surface area (Å²) in [5.74, 6) is 0.226. The van der Waals surface area contributed by atoms with Gasteiger partial charge in [-0.15, -0.1) is 0 Å². The van der Waals surface area contributed by atoms with Gasteiger partial charge < -0.3 is 5.32 Å². The van der Waals surface area contributed by atoms with Crippen LogP contribution in [0.25, 0.3) is 0 Å². The van der Waals surface area contributed by atoms with E-state index in [0.717, 1.165) is 6.54 Å². The zero-order chi connectivity index (χ0) is 7.84. The third kappa shape index (κ3) is 1.13. The second-order valence-electron chi connectivity index (χ2n) is 3.56. The summed E-state index contributed by atoms with van der Waals surface area (Å²) < 4.78 is 0. The molecule has 3 nitrogen and oxygen atoms in total. The molecule has 0 saturated carbocycles. The normalized spacial score (nSPS) is 38.5. The Hall–Kier alpha value is -0.570. The van der Waals surface area contributed by atoms with Crippen molar-refractivity contribution >= 4 is 5.91 Å². The SMILES string of the molecule is CN1[C@@H]2CC[C@H]1CC(=O)NC2. The molecule has 62 valence electrons. The van der Waals surface area contributed by atoms with Crippen molar-refractivity contribution in [1.82, 2.24) is 10.2 Å². The maximum Gasteiger partial charge on any atom is 0.221 e. The Kier molecular flexibility index (Phi) is 1.60. The van der Waals surface area contributed by atoms with E-state index in [1.165, 1.54) is 12.8 Å². The first-order valence-corrected chi connectivity index (χ1v) is 4.26. The summed E-state index contributed by atoms with van der Waals surface area (Å²) in [6, 6.07) is 1.12. The van der Waals surface area contributed by atoms with E-state index in [1.54, 1.807) is 0 Å². The van der Waals surface area contributed by atoms with Gasteiger partial charge in [0.2, 0.25) is 5.91 Å². The van der Waals surface area contributed by atoms with Gasteiger partial charge in [-0.3, -0.25) is 9.69 Å². The predicted molar refractivity (Wildman–Crippen MR) is 42.2 cm³/mol. The molecule has 11 heavy (non-hydrogen) atoms. The van der Waals surface area contributed by atoms with Crippen LogP contribution in [0.5, 0.6) is 0 Å². The van der Waals surface area contributed by atoms with Crippen LogP contribution in [0.4, 0.5) is 0 Å². The molecule has 2 fully saturated rings. The number of carbonyl (C=O) groups excluding carboxylic acids is 1. The summed E-state index contributed by atoms with van der Waals surface area (Å²) in [7, 11) is 2.13. The Morgan fingerprint density at radius 3 is 3.00 bits per heavy atom. The van der Waals surface area contributed by atoms with E-state index in [4.69, 9.17) is 0 Å². The zero-order valence-corrected chi connectivity index (χ0v) is 6.84. The van der Waals surface area contributed by atoms with Crippen LogP contribution in [-0.2, 0) is 4.79 Å². The maximum atomic E-state index is 11.1. The van der Waals surface area contributed by atoms with Crippen LogP contribution in [-0.4, -0.2) is 36.5 Å². The van der Waals surface area contributed by atoms with Gasteiger partial charge in [0.15, 0.2) is 0 Å².